The van der Waals surface area contributed by atoms with Crippen molar-refractivity contribution in [3.63, 3.8) is 0 Å². The number of carbonyl (C=O) groups excluding carboxylic acids is 1. The van der Waals surface area contributed by atoms with Gasteiger partial charge in [-0.2, -0.15) is 0 Å². The molecular weight excluding hydrogens is 270 g/mol. The molecule has 21 heavy (non-hydrogen) atoms. The number of hydrogen-bond donors (Lipinski definition) is 4. The van der Waals surface area contributed by atoms with Gasteiger partial charge in [-0.1, -0.05) is 26.0 Å². The highest BCUT2D eigenvalue weighted by atomic mass is 16.5. The van der Waals surface area contributed by atoms with Gasteiger partial charge in [0.05, 0.1) is 0 Å². The average Bonchev–Trinajstić information content (AvgIpc) is 2.44. The SMILES string of the molecule is CC(C)NCC(O)COc1ccc(CCNC(N)=O)cc1. The molecule has 0 saturated heterocycles. The van der Waals surface area contributed by atoms with Crippen molar-refractivity contribution in [2.75, 3.05) is 19.7 Å². The van der Waals surface area contributed by atoms with Gasteiger partial charge in [-0.15, -0.1) is 0 Å². The van der Waals surface area contributed by atoms with Gasteiger partial charge in [0.15, 0.2) is 0 Å². The van der Waals surface area contributed by atoms with Crippen LogP contribution in [0.4, 0.5) is 4.79 Å². The number of ether oxygens (including phenoxy) is 1. The van der Waals surface area contributed by atoms with Gasteiger partial charge in [0.2, 0.25) is 0 Å². The lowest BCUT2D eigenvalue weighted by molar-refractivity contribution is 0.104. The van der Waals surface area contributed by atoms with Gasteiger partial charge >= 0.3 is 6.03 Å². The summed E-state index contributed by atoms with van der Waals surface area (Å²) in [6.07, 6.45) is 0.177. The Balaban J connectivity index is 2.28. The van der Waals surface area contributed by atoms with Crippen molar-refractivity contribution in [2.24, 2.45) is 5.73 Å². The molecule has 1 aromatic rings. The number of aliphatic hydroxyl groups is 1. The highest BCUT2D eigenvalue weighted by Crippen LogP contribution is 2.12. The van der Waals surface area contributed by atoms with Crippen LogP contribution in [0.5, 0.6) is 5.75 Å². The predicted octanol–water partition coefficient (Wildman–Crippen LogP) is 0.635. The second-order valence-corrected chi connectivity index (χ2v) is 5.21. The van der Waals surface area contributed by atoms with Crippen molar-refractivity contribution < 1.29 is 14.6 Å². The number of benzene rings is 1. The fourth-order valence-electron chi connectivity index (χ4n) is 1.71. The summed E-state index contributed by atoms with van der Waals surface area (Å²) >= 11 is 0. The molecule has 0 bridgehead atoms. The molecule has 1 atom stereocenters. The topological polar surface area (TPSA) is 96.6 Å². The summed E-state index contributed by atoms with van der Waals surface area (Å²) in [4.78, 5) is 10.6. The maximum Gasteiger partial charge on any atom is 0.312 e. The van der Waals surface area contributed by atoms with Gasteiger partial charge in [-0.25, -0.2) is 4.79 Å². The zero-order chi connectivity index (χ0) is 15.7. The molecule has 0 saturated carbocycles. The van der Waals surface area contributed by atoms with Crippen LogP contribution in [0.3, 0.4) is 0 Å². The fraction of sp³-hybridized carbons (Fsp3) is 0.533. The third-order valence-electron chi connectivity index (χ3n) is 2.84. The molecule has 1 unspecified atom stereocenters. The molecule has 1 rings (SSSR count). The maximum absolute atomic E-state index is 10.6. The van der Waals surface area contributed by atoms with Crippen molar-refractivity contribution in [1.29, 1.82) is 0 Å². The van der Waals surface area contributed by atoms with Gasteiger partial charge in [-0.05, 0) is 24.1 Å². The molecule has 0 fully saturated rings. The molecule has 6 nitrogen and oxygen atoms in total. The first-order chi connectivity index (χ1) is 9.97. The number of carbonyl (C=O) groups is 1. The molecule has 0 aromatic heterocycles. The summed E-state index contributed by atoms with van der Waals surface area (Å²) in [6, 6.07) is 7.38. The van der Waals surface area contributed by atoms with Crippen LogP contribution in [-0.2, 0) is 6.42 Å². The van der Waals surface area contributed by atoms with Crippen LogP contribution < -0.4 is 21.1 Å². The van der Waals surface area contributed by atoms with E-state index in [0.717, 1.165) is 5.56 Å². The van der Waals surface area contributed by atoms with E-state index in [1.807, 2.05) is 38.1 Å². The minimum atomic E-state index is -0.535. The minimum Gasteiger partial charge on any atom is -0.491 e. The van der Waals surface area contributed by atoms with E-state index in [0.29, 0.717) is 31.3 Å². The number of nitrogens with two attached hydrogens (primary N) is 1. The van der Waals surface area contributed by atoms with Crippen LogP contribution in [0.25, 0.3) is 0 Å². The number of amides is 2. The Kier molecular flexibility index (Phi) is 7.56. The number of nitrogens with one attached hydrogen (secondary N) is 2. The highest BCUT2D eigenvalue weighted by Gasteiger charge is 2.06. The average molecular weight is 295 g/mol. The van der Waals surface area contributed by atoms with Crippen molar-refractivity contribution >= 4 is 6.03 Å². The minimum absolute atomic E-state index is 0.252. The van der Waals surface area contributed by atoms with Gasteiger partial charge in [-0.3, -0.25) is 0 Å². The summed E-state index contributed by atoms with van der Waals surface area (Å²) in [5.74, 6) is 0.713. The summed E-state index contributed by atoms with van der Waals surface area (Å²) in [6.45, 7) is 5.32. The monoisotopic (exact) mass is 295 g/mol. The molecular formula is C15H25N3O3. The zero-order valence-electron chi connectivity index (χ0n) is 12.6. The van der Waals surface area contributed by atoms with E-state index >= 15 is 0 Å². The molecule has 0 aliphatic rings. The van der Waals surface area contributed by atoms with E-state index in [1.165, 1.54) is 0 Å². The summed E-state index contributed by atoms with van der Waals surface area (Å²) in [5.41, 5.74) is 6.07. The lowest BCUT2D eigenvalue weighted by Gasteiger charge is -2.15. The highest BCUT2D eigenvalue weighted by molar-refractivity contribution is 5.71. The summed E-state index contributed by atoms with van der Waals surface area (Å²) < 4.78 is 5.52. The van der Waals surface area contributed by atoms with E-state index in [9.17, 15) is 9.90 Å². The fourth-order valence-corrected chi connectivity index (χ4v) is 1.71. The Bertz CT molecular complexity index is 421. The zero-order valence-corrected chi connectivity index (χ0v) is 12.6. The predicted molar refractivity (Wildman–Crippen MR) is 82.4 cm³/mol. The largest absolute Gasteiger partial charge is 0.491 e. The third-order valence-corrected chi connectivity index (χ3v) is 2.84. The Labute approximate surface area is 125 Å². The lowest BCUT2D eigenvalue weighted by atomic mass is 10.1. The van der Waals surface area contributed by atoms with Crippen LogP contribution in [0.1, 0.15) is 19.4 Å². The molecule has 118 valence electrons. The Morgan fingerprint density at radius 1 is 1.33 bits per heavy atom. The van der Waals surface area contributed by atoms with E-state index in [2.05, 4.69) is 10.6 Å². The standard InChI is InChI=1S/C15H25N3O3/c1-11(2)18-9-13(19)10-21-14-5-3-12(4-6-14)7-8-17-15(16)20/h3-6,11,13,18-19H,7-10H2,1-2H3,(H3,16,17,20). The molecule has 5 N–H and O–H groups in total. The lowest BCUT2D eigenvalue weighted by Crippen LogP contribution is -2.35. The van der Waals surface area contributed by atoms with E-state index < -0.39 is 12.1 Å². The first-order valence-corrected chi connectivity index (χ1v) is 7.14. The van der Waals surface area contributed by atoms with Gasteiger partial charge in [0, 0.05) is 19.1 Å². The van der Waals surface area contributed by atoms with E-state index in [1.54, 1.807) is 0 Å². The van der Waals surface area contributed by atoms with Crippen LogP contribution in [0, 0.1) is 0 Å². The van der Waals surface area contributed by atoms with Crippen molar-refractivity contribution in [3.8, 4) is 5.75 Å². The summed E-state index contributed by atoms with van der Waals surface area (Å²) in [7, 11) is 0. The smallest absolute Gasteiger partial charge is 0.312 e. The normalized spacial score (nSPS) is 12.2. The second kappa shape index (κ2) is 9.20. The van der Waals surface area contributed by atoms with Crippen molar-refractivity contribution in [2.45, 2.75) is 32.4 Å². The van der Waals surface area contributed by atoms with Crippen LogP contribution >= 0.6 is 0 Å². The molecule has 0 spiro atoms. The Morgan fingerprint density at radius 2 is 2.00 bits per heavy atom. The van der Waals surface area contributed by atoms with Gasteiger partial charge < -0.3 is 26.2 Å². The number of hydrogen-bond acceptors (Lipinski definition) is 4. The third kappa shape index (κ3) is 8.16. The second-order valence-electron chi connectivity index (χ2n) is 5.21. The summed E-state index contributed by atoms with van der Waals surface area (Å²) in [5, 5.41) is 15.4. The molecule has 1 aromatic carbocycles. The Morgan fingerprint density at radius 3 is 2.57 bits per heavy atom. The number of primary amides is 1. The van der Waals surface area contributed by atoms with Crippen molar-refractivity contribution in [3.05, 3.63) is 29.8 Å². The van der Waals surface area contributed by atoms with E-state index in [4.69, 9.17) is 10.5 Å². The molecule has 0 aliphatic carbocycles. The Hall–Kier alpha value is -1.79. The molecule has 0 heterocycles. The number of aliphatic hydroxyl groups excluding tert-OH is 1. The maximum atomic E-state index is 10.6. The molecule has 0 aliphatic heterocycles. The molecule has 0 radical (unpaired) electrons. The van der Waals surface area contributed by atoms with Gasteiger partial charge in [0.1, 0.15) is 18.5 Å². The van der Waals surface area contributed by atoms with Crippen molar-refractivity contribution in [1.82, 2.24) is 10.6 Å². The molecule has 6 heteroatoms. The first-order valence-electron chi connectivity index (χ1n) is 7.14. The van der Waals surface area contributed by atoms with E-state index in [-0.39, 0.29) is 6.61 Å². The van der Waals surface area contributed by atoms with Crippen LogP contribution in [0.15, 0.2) is 24.3 Å². The van der Waals surface area contributed by atoms with Crippen LogP contribution in [-0.4, -0.2) is 43.0 Å². The molecule has 2 amide bonds. The number of rotatable bonds is 9. The quantitative estimate of drug-likeness (QED) is 0.537. The van der Waals surface area contributed by atoms with Gasteiger partial charge in [0.25, 0.3) is 0 Å². The van der Waals surface area contributed by atoms with Crippen LogP contribution in [0.2, 0.25) is 0 Å². The first kappa shape index (κ1) is 17.3. The number of urea groups is 1.